The molecule has 3 aromatic rings. The van der Waals surface area contributed by atoms with E-state index in [0.29, 0.717) is 12.1 Å². The smallest absolute Gasteiger partial charge is 0.251 e. The molecule has 23 heavy (non-hydrogen) atoms. The molecule has 1 aromatic heterocycles. The molecule has 0 bridgehead atoms. The minimum Gasteiger partial charge on any atom is -0.508 e. The van der Waals surface area contributed by atoms with Crippen molar-refractivity contribution in [3.05, 3.63) is 54.1 Å². The topological polar surface area (TPSA) is 74.2 Å². The van der Waals surface area contributed by atoms with Gasteiger partial charge in [-0.25, -0.2) is 4.98 Å². The molecule has 0 fully saturated rings. The number of anilines is 1. The molecule has 118 valence electrons. The summed E-state index contributed by atoms with van der Waals surface area (Å²) in [4.78, 5) is 16.4. The number of nitrogens with zero attached hydrogens (tertiary/aromatic N) is 1. The van der Waals surface area contributed by atoms with Crippen molar-refractivity contribution in [1.82, 2.24) is 10.3 Å². The zero-order valence-electron chi connectivity index (χ0n) is 12.5. The highest BCUT2D eigenvalue weighted by molar-refractivity contribution is 7.22. The molecule has 5 nitrogen and oxygen atoms in total. The number of nitrogens with one attached hydrogen (secondary N) is 2. The van der Waals surface area contributed by atoms with Crippen LogP contribution < -0.4 is 10.6 Å². The number of phenolic OH excluding ortho intramolecular Hbond substituents is 1. The summed E-state index contributed by atoms with van der Waals surface area (Å²) in [7, 11) is 0. The Kier molecular flexibility index (Phi) is 4.73. The number of carbonyl (C=O) groups is 1. The molecule has 0 unspecified atom stereocenters. The van der Waals surface area contributed by atoms with Gasteiger partial charge in [0.25, 0.3) is 5.91 Å². The third-order valence-corrected chi connectivity index (χ3v) is 4.31. The van der Waals surface area contributed by atoms with Crippen molar-refractivity contribution >= 4 is 32.6 Å². The van der Waals surface area contributed by atoms with Crippen LogP contribution in [0.15, 0.2) is 48.5 Å². The summed E-state index contributed by atoms with van der Waals surface area (Å²) in [5, 5.41) is 16.4. The number of fused-ring (bicyclic) bond motifs is 1. The van der Waals surface area contributed by atoms with Crippen molar-refractivity contribution in [3.63, 3.8) is 0 Å². The van der Waals surface area contributed by atoms with E-state index in [4.69, 9.17) is 0 Å². The van der Waals surface area contributed by atoms with Crippen LogP contribution in [0.1, 0.15) is 16.8 Å². The Morgan fingerprint density at radius 1 is 1.13 bits per heavy atom. The molecule has 0 aliphatic rings. The standard InChI is InChI=1S/C17H17N3O2S/c21-13-6-3-5-12(11-13)16(22)18-9-4-10-19-17-20-14-7-1-2-8-15(14)23-17/h1-3,5-8,11,21H,4,9-10H2,(H,18,22)(H,19,20). The lowest BCUT2D eigenvalue weighted by atomic mass is 10.2. The Labute approximate surface area is 138 Å². The Morgan fingerprint density at radius 3 is 2.83 bits per heavy atom. The molecule has 3 rings (SSSR count). The van der Waals surface area contributed by atoms with Crippen LogP contribution in [0.2, 0.25) is 0 Å². The number of aromatic hydroxyl groups is 1. The fourth-order valence-corrected chi connectivity index (χ4v) is 3.07. The summed E-state index contributed by atoms with van der Waals surface area (Å²) < 4.78 is 1.16. The first-order valence-corrected chi connectivity index (χ1v) is 8.21. The second-order valence-corrected chi connectivity index (χ2v) is 6.10. The fourth-order valence-electron chi connectivity index (χ4n) is 2.18. The predicted molar refractivity (Wildman–Crippen MR) is 93.2 cm³/mol. The Morgan fingerprint density at radius 2 is 2.00 bits per heavy atom. The van der Waals surface area contributed by atoms with E-state index in [1.165, 1.54) is 6.07 Å². The van der Waals surface area contributed by atoms with Gasteiger partial charge in [-0.05, 0) is 36.8 Å². The molecule has 0 saturated heterocycles. The number of rotatable bonds is 6. The van der Waals surface area contributed by atoms with E-state index in [1.807, 2.05) is 24.3 Å². The number of para-hydroxylation sites is 1. The van der Waals surface area contributed by atoms with E-state index < -0.39 is 0 Å². The quantitative estimate of drug-likeness (QED) is 0.608. The number of hydrogen-bond donors (Lipinski definition) is 3. The molecule has 0 saturated carbocycles. The zero-order chi connectivity index (χ0) is 16.1. The van der Waals surface area contributed by atoms with Gasteiger partial charge in [-0.1, -0.05) is 29.5 Å². The molecular weight excluding hydrogens is 310 g/mol. The largest absolute Gasteiger partial charge is 0.508 e. The van der Waals surface area contributed by atoms with Crippen LogP contribution in [0.25, 0.3) is 10.2 Å². The van der Waals surface area contributed by atoms with Crippen LogP contribution in [-0.2, 0) is 0 Å². The summed E-state index contributed by atoms with van der Waals surface area (Å²) >= 11 is 1.62. The van der Waals surface area contributed by atoms with E-state index in [0.717, 1.165) is 28.3 Å². The van der Waals surface area contributed by atoms with Crippen LogP contribution in [0.3, 0.4) is 0 Å². The Bertz CT molecular complexity index is 783. The number of aromatic nitrogens is 1. The van der Waals surface area contributed by atoms with Crippen LogP contribution in [0.4, 0.5) is 5.13 Å². The number of amides is 1. The second kappa shape index (κ2) is 7.11. The van der Waals surface area contributed by atoms with Gasteiger partial charge in [-0.3, -0.25) is 4.79 Å². The van der Waals surface area contributed by atoms with E-state index >= 15 is 0 Å². The lowest BCUT2D eigenvalue weighted by Gasteiger charge is -2.06. The SMILES string of the molecule is O=C(NCCCNc1nc2ccccc2s1)c1cccc(O)c1. The van der Waals surface area contributed by atoms with Crippen molar-refractivity contribution in [3.8, 4) is 5.75 Å². The van der Waals surface area contributed by atoms with Crippen LogP contribution in [-0.4, -0.2) is 29.1 Å². The number of phenols is 1. The number of benzene rings is 2. The van der Waals surface area contributed by atoms with Gasteiger partial charge in [-0.2, -0.15) is 0 Å². The molecule has 2 aromatic carbocycles. The van der Waals surface area contributed by atoms with Gasteiger partial charge in [0.2, 0.25) is 0 Å². The maximum absolute atomic E-state index is 11.9. The van der Waals surface area contributed by atoms with Crippen molar-refractivity contribution in [1.29, 1.82) is 0 Å². The summed E-state index contributed by atoms with van der Waals surface area (Å²) in [6.45, 7) is 1.30. The van der Waals surface area contributed by atoms with Crippen LogP contribution >= 0.6 is 11.3 Å². The highest BCUT2D eigenvalue weighted by Crippen LogP contribution is 2.25. The van der Waals surface area contributed by atoms with Gasteiger partial charge >= 0.3 is 0 Å². The molecular formula is C17H17N3O2S. The number of carbonyl (C=O) groups excluding carboxylic acids is 1. The van der Waals surface area contributed by atoms with Crippen molar-refractivity contribution in [2.24, 2.45) is 0 Å². The van der Waals surface area contributed by atoms with Gasteiger partial charge in [0, 0.05) is 18.7 Å². The average Bonchev–Trinajstić information content (AvgIpc) is 2.97. The van der Waals surface area contributed by atoms with Crippen LogP contribution in [0, 0.1) is 0 Å². The van der Waals surface area contributed by atoms with Gasteiger partial charge in [0.15, 0.2) is 5.13 Å². The predicted octanol–water partition coefficient (Wildman–Crippen LogP) is 3.23. The molecule has 0 aliphatic heterocycles. The first-order chi connectivity index (χ1) is 11.2. The van der Waals surface area contributed by atoms with Crippen molar-refractivity contribution in [2.75, 3.05) is 18.4 Å². The summed E-state index contributed by atoms with van der Waals surface area (Å²) in [6.07, 6.45) is 0.792. The van der Waals surface area contributed by atoms with E-state index in [-0.39, 0.29) is 11.7 Å². The van der Waals surface area contributed by atoms with Gasteiger partial charge < -0.3 is 15.7 Å². The fraction of sp³-hybridized carbons (Fsp3) is 0.176. The van der Waals surface area contributed by atoms with Crippen LogP contribution in [0.5, 0.6) is 5.75 Å². The Balaban J connectivity index is 1.42. The third kappa shape index (κ3) is 3.98. The third-order valence-electron chi connectivity index (χ3n) is 3.32. The van der Waals surface area contributed by atoms with Gasteiger partial charge in [-0.15, -0.1) is 0 Å². The molecule has 0 atom stereocenters. The lowest BCUT2D eigenvalue weighted by molar-refractivity contribution is 0.0953. The maximum Gasteiger partial charge on any atom is 0.251 e. The number of hydrogen-bond acceptors (Lipinski definition) is 5. The Hall–Kier alpha value is -2.60. The molecule has 0 spiro atoms. The van der Waals surface area contributed by atoms with Crippen molar-refractivity contribution in [2.45, 2.75) is 6.42 Å². The maximum atomic E-state index is 11.9. The van der Waals surface area contributed by atoms with Gasteiger partial charge in [0.1, 0.15) is 5.75 Å². The molecule has 0 radical (unpaired) electrons. The van der Waals surface area contributed by atoms with E-state index in [9.17, 15) is 9.90 Å². The first kappa shape index (κ1) is 15.3. The second-order valence-electron chi connectivity index (χ2n) is 5.07. The monoisotopic (exact) mass is 327 g/mol. The molecule has 1 heterocycles. The molecule has 0 aliphatic carbocycles. The van der Waals surface area contributed by atoms with E-state index in [1.54, 1.807) is 29.5 Å². The summed E-state index contributed by atoms with van der Waals surface area (Å²) in [5.74, 6) is -0.0870. The molecule has 6 heteroatoms. The highest BCUT2D eigenvalue weighted by atomic mass is 32.1. The lowest BCUT2D eigenvalue weighted by Crippen LogP contribution is -2.25. The highest BCUT2D eigenvalue weighted by Gasteiger charge is 2.05. The number of thiazole rings is 1. The summed E-state index contributed by atoms with van der Waals surface area (Å²) in [6, 6.07) is 14.3. The summed E-state index contributed by atoms with van der Waals surface area (Å²) in [5.41, 5.74) is 1.46. The van der Waals surface area contributed by atoms with E-state index in [2.05, 4.69) is 15.6 Å². The minimum absolute atomic E-state index is 0.0927. The minimum atomic E-state index is -0.180. The molecule has 1 amide bonds. The van der Waals surface area contributed by atoms with Crippen molar-refractivity contribution < 1.29 is 9.90 Å². The first-order valence-electron chi connectivity index (χ1n) is 7.39. The van der Waals surface area contributed by atoms with Gasteiger partial charge in [0.05, 0.1) is 10.2 Å². The average molecular weight is 327 g/mol. The zero-order valence-corrected chi connectivity index (χ0v) is 13.3. The normalized spacial score (nSPS) is 10.6. The molecule has 3 N–H and O–H groups in total.